The predicted molar refractivity (Wildman–Crippen MR) is 112 cm³/mol. The van der Waals surface area contributed by atoms with Gasteiger partial charge in [0.05, 0.1) is 6.54 Å². The minimum absolute atomic E-state index is 0.349. The summed E-state index contributed by atoms with van der Waals surface area (Å²) in [5, 5.41) is 18.3. The Morgan fingerprint density at radius 2 is 2.10 bits per heavy atom. The highest BCUT2D eigenvalue weighted by Crippen LogP contribution is 2.30. The van der Waals surface area contributed by atoms with Crippen LogP contribution in [0.2, 0.25) is 0 Å². The van der Waals surface area contributed by atoms with Gasteiger partial charge in [0, 0.05) is 35.0 Å². The molecule has 8 heteroatoms. The summed E-state index contributed by atoms with van der Waals surface area (Å²) in [6.07, 6.45) is 5.51. The lowest BCUT2D eigenvalue weighted by Crippen LogP contribution is -2.15. The number of anilines is 2. The summed E-state index contributed by atoms with van der Waals surface area (Å²) in [6.45, 7) is 2.30. The van der Waals surface area contributed by atoms with Gasteiger partial charge in [0.2, 0.25) is 5.95 Å². The quantitative estimate of drug-likeness (QED) is 0.433. The van der Waals surface area contributed by atoms with E-state index in [0.717, 1.165) is 29.7 Å². The van der Waals surface area contributed by atoms with Crippen LogP contribution in [0.1, 0.15) is 24.2 Å². The van der Waals surface area contributed by atoms with Crippen molar-refractivity contribution in [2.75, 3.05) is 10.6 Å². The van der Waals surface area contributed by atoms with Gasteiger partial charge in [0.15, 0.2) is 5.76 Å². The lowest BCUT2D eigenvalue weighted by atomic mass is 10.1. The van der Waals surface area contributed by atoms with Crippen LogP contribution in [0.5, 0.6) is 0 Å². The van der Waals surface area contributed by atoms with Crippen LogP contribution in [-0.2, 0) is 6.54 Å². The molecule has 0 bridgehead atoms. The predicted octanol–water partition coefficient (Wildman–Crippen LogP) is 3.69. The van der Waals surface area contributed by atoms with Gasteiger partial charge in [-0.15, -0.1) is 0 Å². The number of nitrogens with two attached hydrogens (primary N) is 1. The molecule has 1 aliphatic carbocycles. The fraction of sp³-hybridized carbons (Fsp3) is 0.238. The van der Waals surface area contributed by atoms with Gasteiger partial charge in [0.1, 0.15) is 17.3 Å². The van der Waals surface area contributed by atoms with E-state index in [-0.39, 0.29) is 0 Å². The van der Waals surface area contributed by atoms with Crippen molar-refractivity contribution in [3.63, 3.8) is 0 Å². The summed E-state index contributed by atoms with van der Waals surface area (Å²) < 4.78 is 5.39. The first-order chi connectivity index (χ1) is 14.1. The van der Waals surface area contributed by atoms with Crippen LogP contribution in [0.25, 0.3) is 11.3 Å². The Hall–Kier alpha value is -3.68. The Balaban J connectivity index is 1.40. The fourth-order valence-corrected chi connectivity index (χ4v) is 2.81. The van der Waals surface area contributed by atoms with Crippen molar-refractivity contribution in [3.05, 3.63) is 65.8 Å². The summed E-state index contributed by atoms with van der Waals surface area (Å²) in [6, 6.07) is 11.7. The molecule has 0 spiro atoms. The van der Waals surface area contributed by atoms with Crippen LogP contribution in [0.3, 0.4) is 0 Å². The van der Waals surface area contributed by atoms with Crippen molar-refractivity contribution in [1.82, 2.24) is 15.1 Å². The molecule has 2 aromatic heterocycles. The molecule has 4 rings (SSSR count). The maximum atomic E-state index is 7.97. The molecular formula is C21H23N7O. The van der Waals surface area contributed by atoms with Crippen molar-refractivity contribution in [3.8, 4) is 11.3 Å². The lowest BCUT2D eigenvalue weighted by Gasteiger charge is -2.10. The Bertz CT molecular complexity index is 1040. The maximum absolute atomic E-state index is 7.97. The number of aromatic nitrogens is 3. The van der Waals surface area contributed by atoms with Crippen LogP contribution in [0.4, 0.5) is 11.8 Å². The molecule has 0 aliphatic heterocycles. The average molecular weight is 389 g/mol. The molecule has 1 saturated carbocycles. The topological polar surface area (TPSA) is 126 Å². The third kappa shape index (κ3) is 4.78. The molecule has 148 valence electrons. The van der Waals surface area contributed by atoms with Crippen molar-refractivity contribution < 1.29 is 4.52 Å². The molecule has 1 aromatic carbocycles. The largest absolute Gasteiger partial charge is 0.385 e. The molecular weight excluding hydrogens is 366 g/mol. The summed E-state index contributed by atoms with van der Waals surface area (Å²) >= 11 is 0. The summed E-state index contributed by atoms with van der Waals surface area (Å²) in [5.74, 6) is 2.47. The Kier molecular flexibility index (Phi) is 5.24. The number of allylic oxidation sites excluding steroid dienone is 1. The van der Waals surface area contributed by atoms with Gasteiger partial charge in [0.25, 0.3) is 0 Å². The molecule has 29 heavy (non-hydrogen) atoms. The van der Waals surface area contributed by atoms with Crippen LogP contribution in [-0.4, -0.2) is 20.8 Å². The van der Waals surface area contributed by atoms with E-state index in [4.69, 9.17) is 15.7 Å². The van der Waals surface area contributed by atoms with Crippen LogP contribution < -0.4 is 16.4 Å². The molecule has 0 saturated heterocycles. The molecule has 2 heterocycles. The van der Waals surface area contributed by atoms with E-state index in [9.17, 15) is 0 Å². The van der Waals surface area contributed by atoms with E-state index in [2.05, 4.69) is 25.8 Å². The standard InChI is InChI=1S/C21H23N7O/c1-13-11-24-21(27-20(13)26-19(23)10-17(22)14-7-8-14)25-12-16-9-18(28-29-16)15-5-3-2-4-6-15/h2-6,9-11,14,22H,7-8,12,23H2,1H3,(H2,24,25,26,27)/b19-10+,22-17?. The minimum Gasteiger partial charge on any atom is -0.385 e. The van der Waals surface area contributed by atoms with Gasteiger partial charge in [-0.1, -0.05) is 35.5 Å². The number of rotatable bonds is 8. The molecule has 3 aromatic rings. The number of nitrogens with one attached hydrogen (secondary N) is 3. The lowest BCUT2D eigenvalue weighted by molar-refractivity contribution is 0.390. The number of hydrogen-bond acceptors (Lipinski definition) is 8. The molecule has 8 nitrogen and oxygen atoms in total. The van der Waals surface area contributed by atoms with Gasteiger partial charge in [-0.05, 0) is 25.8 Å². The first kappa shape index (κ1) is 18.7. The van der Waals surface area contributed by atoms with Gasteiger partial charge in [-0.2, -0.15) is 4.98 Å². The van der Waals surface area contributed by atoms with Crippen molar-refractivity contribution in [2.45, 2.75) is 26.3 Å². The second kappa shape index (κ2) is 8.14. The highest BCUT2D eigenvalue weighted by molar-refractivity contribution is 5.96. The number of aryl methyl sites for hydroxylation is 1. The number of hydrogen-bond donors (Lipinski definition) is 4. The fourth-order valence-electron chi connectivity index (χ4n) is 2.81. The molecule has 0 unspecified atom stereocenters. The molecule has 0 amide bonds. The highest BCUT2D eigenvalue weighted by Gasteiger charge is 2.25. The Morgan fingerprint density at radius 3 is 2.86 bits per heavy atom. The normalized spacial score (nSPS) is 13.9. The summed E-state index contributed by atoms with van der Waals surface area (Å²) in [7, 11) is 0. The van der Waals surface area contributed by atoms with E-state index in [1.165, 1.54) is 0 Å². The zero-order chi connectivity index (χ0) is 20.2. The third-order valence-electron chi connectivity index (χ3n) is 4.61. The first-order valence-corrected chi connectivity index (χ1v) is 9.49. The van der Waals surface area contributed by atoms with E-state index in [1.54, 1.807) is 12.3 Å². The molecule has 1 fully saturated rings. The van der Waals surface area contributed by atoms with Crippen LogP contribution >= 0.6 is 0 Å². The average Bonchev–Trinajstić information content (AvgIpc) is 3.47. The Morgan fingerprint density at radius 1 is 1.31 bits per heavy atom. The molecule has 0 radical (unpaired) electrons. The molecule has 1 aliphatic rings. The maximum Gasteiger partial charge on any atom is 0.225 e. The number of benzene rings is 1. The van der Waals surface area contributed by atoms with E-state index >= 15 is 0 Å². The second-order valence-electron chi connectivity index (χ2n) is 7.08. The zero-order valence-electron chi connectivity index (χ0n) is 16.1. The second-order valence-corrected chi connectivity index (χ2v) is 7.08. The molecule has 0 atom stereocenters. The summed E-state index contributed by atoms with van der Waals surface area (Å²) in [4.78, 5) is 8.77. The van der Waals surface area contributed by atoms with Crippen LogP contribution in [0.15, 0.2) is 59.0 Å². The highest BCUT2D eigenvalue weighted by atomic mass is 16.5. The monoisotopic (exact) mass is 389 g/mol. The number of nitrogens with zero attached hydrogens (tertiary/aromatic N) is 3. The van der Waals surface area contributed by atoms with Crippen molar-refractivity contribution in [1.29, 1.82) is 5.41 Å². The SMILES string of the molecule is Cc1cnc(NCc2cc(-c3ccccc3)no2)nc1N/C(N)=C/C(=N)C1CC1. The molecule has 5 N–H and O–H groups in total. The van der Waals surface area contributed by atoms with Gasteiger partial charge in [-0.25, -0.2) is 4.98 Å². The van der Waals surface area contributed by atoms with Crippen molar-refractivity contribution >= 4 is 17.5 Å². The van der Waals surface area contributed by atoms with Crippen molar-refractivity contribution in [2.24, 2.45) is 11.7 Å². The minimum atomic E-state index is 0.349. The van der Waals surface area contributed by atoms with E-state index in [1.807, 2.05) is 43.3 Å². The van der Waals surface area contributed by atoms with Gasteiger partial charge in [-0.3, -0.25) is 0 Å². The van der Waals surface area contributed by atoms with Gasteiger partial charge >= 0.3 is 0 Å². The zero-order valence-corrected chi connectivity index (χ0v) is 16.1. The summed E-state index contributed by atoms with van der Waals surface area (Å²) in [5.41, 5.74) is 9.21. The van der Waals surface area contributed by atoms with E-state index < -0.39 is 0 Å². The third-order valence-corrected chi connectivity index (χ3v) is 4.61. The van der Waals surface area contributed by atoms with Gasteiger partial charge < -0.3 is 26.3 Å². The smallest absolute Gasteiger partial charge is 0.225 e. The van der Waals surface area contributed by atoms with E-state index in [0.29, 0.717) is 41.5 Å². The first-order valence-electron chi connectivity index (χ1n) is 9.49. The Labute approximate surface area is 168 Å². The van der Waals surface area contributed by atoms with Crippen LogP contribution in [0, 0.1) is 18.3 Å².